The minimum atomic E-state index is -0.762. The van der Waals surface area contributed by atoms with Gasteiger partial charge in [-0.1, -0.05) is 25.1 Å². The fourth-order valence-electron chi connectivity index (χ4n) is 3.21. The zero-order chi connectivity index (χ0) is 21.1. The van der Waals surface area contributed by atoms with Crippen LogP contribution in [0.5, 0.6) is 11.5 Å². The van der Waals surface area contributed by atoms with Gasteiger partial charge in [-0.15, -0.1) is 0 Å². The lowest BCUT2D eigenvalue weighted by Gasteiger charge is -2.28. The number of hydrogen-bond acceptors (Lipinski definition) is 5. The van der Waals surface area contributed by atoms with Gasteiger partial charge in [-0.25, -0.2) is 9.69 Å². The molecule has 7 heteroatoms. The Hall–Kier alpha value is -3.61. The molecule has 0 bridgehead atoms. The van der Waals surface area contributed by atoms with Crippen LogP contribution in [-0.2, 0) is 16.0 Å². The van der Waals surface area contributed by atoms with Crippen LogP contribution in [0.2, 0.25) is 0 Å². The average Bonchev–Trinajstić information content (AvgIpc) is 2.71. The van der Waals surface area contributed by atoms with E-state index in [0.717, 1.165) is 16.0 Å². The summed E-state index contributed by atoms with van der Waals surface area (Å²) in [6, 6.07) is 9.78. The van der Waals surface area contributed by atoms with E-state index in [9.17, 15) is 14.4 Å². The van der Waals surface area contributed by atoms with Crippen molar-refractivity contribution < 1.29 is 23.9 Å². The van der Waals surface area contributed by atoms with Gasteiger partial charge in [0.25, 0.3) is 11.8 Å². The van der Waals surface area contributed by atoms with Gasteiger partial charge in [-0.05, 0) is 54.3 Å². The maximum Gasteiger partial charge on any atom is 0.335 e. The lowest BCUT2D eigenvalue weighted by atomic mass is 10.0. The fraction of sp³-hybridized carbons (Fsp3) is 0.227. The van der Waals surface area contributed by atoms with Gasteiger partial charge in [-0.2, -0.15) is 0 Å². The number of benzene rings is 2. The van der Waals surface area contributed by atoms with E-state index in [1.54, 1.807) is 24.3 Å². The molecule has 0 atom stereocenters. The van der Waals surface area contributed by atoms with Crippen LogP contribution in [-0.4, -0.2) is 32.1 Å². The third kappa shape index (κ3) is 3.71. The average molecular weight is 394 g/mol. The molecule has 0 spiro atoms. The number of imide groups is 2. The van der Waals surface area contributed by atoms with Crippen molar-refractivity contribution in [1.82, 2.24) is 5.32 Å². The molecule has 1 fully saturated rings. The van der Waals surface area contributed by atoms with Crippen molar-refractivity contribution in [1.29, 1.82) is 0 Å². The highest BCUT2D eigenvalue weighted by Crippen LogP contribution is 2.32. The number of amides is 4. The molecule has 1 saturated heterocycles. The summed E-state index contributed by atoms with van der Waals surface area (Å²) in [6.45, 7) is 3.76. The summed E-state index contributed by atoms with van der Waals surface area (Å²) in [4.78, 5) is 39.0. The molecule has 0 aliphatic carbocycles. The van der Waals surface area contributed by atoms with Gasteiger partial charge < -0.3 is 9.47 Å². The van der Waals surface area contributed by atoms with Crippen molar-refractivity contribution in [3.63, 3.8) is 0 Å². The molecule has 1 aliphatic rings. The molecule has 0 unspecified atom stereocenters. The van der Waals surface area contributed by atoms with Crippen LogP contribution < -0.4 is 19.7 Å². The number of ether oxygens (including phenoxy) is 2. The number of anilines is 1. The Morgan fingerprint density at radius 3 is 2.34 bits per heavy atom. The molecule has 7 nitrogen and oxygen atoms in total. The lowest BCUT2D eigenvalue weighted by molar-refractivity contribution is -0.122. The summed E-state index contributed by atoms with van der Waals surface area (Å²) in [7, 11) is 3.03. The summed E-state index contributed by atoms with van der Waals surface area (Å²) in [5.41, 5.74) is 2.55. The first-order valence-electron chi connectivity index (χ1n) is 9.13. The van der Waals surface area contributed by atoms with E-state index < -0.39 is 17.8 Å². The van der Waals surface area contributed by atoms with Crippen LogP contribution in [0.25, 0.3) is 6.08 Å². The number of para-hydroxylation sites is 1. The molecule has 2 aromatic rings. The number of barbiturate groups is 1. The Morgan fingerprint density at radius 2 is 1.69 bits per heavy atom. The van der Waals surface area contributed by atoms with Gasteiger partial charge in [0, 0.05) is 0 Å². The van der Waals surface area contributed by atoms with Gasteiger partial charge in [0.15, 0.2) is 11.5 Å². The molecule has 150 valence electrons. The maximum absolute atomic E-state index is 13.1. The molecular formula is C22H22N2O5. The standard InChI is InChI=1S/C22H22N2O5/c1-5-14-8-6-7-9-17(14)24-21(26)16(20(25)23-22(24)27)11-15-12-19(29-4)18(28-3)10-13(15)2/h6-12H,5H2,1-4H3,(H,23,25,27). The second-order valence-electron chi connectivity index (χ2n) is 6.50. The number of rotatable bonds is 5. The van der Waals surface area contributed by atoms with E-state index >= 15 is 0 Å². The zero-order valence-electron chi connectivity index (χ0n) is 16.7. The number of aryl methyl sites for hydroxylation is 2. The molecule has 0 radical (unpaired) electrons. The first-order valence-corrected chi connectivity index (χ1v) is 9.13. The predicted molar refractivity (Wildman–Crippen MR) is 109 cm³/mol. The van der Waals surface area contributed by atoms with Crippen LogP contribution in [0.4, 0.5) is 10.5 Å². The van der Waals surface area contributed by atoms with Crippen molar-refractivity contribution >= 4 is 29.6 Å². The molecule has 3 rings (SSSR count). The summed E-state index contributed by atoms with van der Waals surface area (Å²) < 4.78 is 10.6. The van der Waals surface area contributed by atoms with Gasteiger partial charge in [0.05, 0.1) is 19.9 Å². The third-order valence-electron chi connectivity index (χ3n) is 4.79. The molecule has 1 N–H and O–H groups in total. The fourth-order valence-corrected chi connectivity index (χ4v) is 3.21. The highest BCUT2D eigenvalue weighted by Gasteiger charge is 2.37. The van der Waals surface area contributed by atoms with E-state index in [1.165, 1.54) is 20.3 Å². The van der Waals surface area contributed by atoms with Gasteiger partial charge in [0.1, 0.15) is 5.57 Å². The number of methoxy groups -OCH3 is 2. The van der Waals surface area contributed by atoms with E-state index in [0.29, 0.717) is 29.2 Å². The maximum atomic E-state index is 13.1. The molecule has 0 saturated carbocycles. The smallest absolute Gasteiger partial charge is 0.335 e. The van der Waals surface area contributed by atoms with Crippen LogP contribution in [0.15, 0.2) is 42.0 Å². The van der Waals surface area contributed by atoms with Crippen LogP contribution in [0.1, 0.15) is 23.6 Å². The topological polar surface area (TPSA) is 84.9 Å². The Balaban J connectivity index is 2.09. The normalized spacial score (nSPS) is 15.5. The van der Waals surface area contributed by atoms with E-state index in [-0.39, 0.29) is 5.57 Å². The number of carbonyl (C=O) groups excluding carboxylic acids is 3. The highest BCUT2D eigenvalue weighted by molar-refractivity contribution is 6.39. The Labute approximate surface area is 168 Å². The molecule has 29 heavy (non-hydrogen) atoms. The van der Waals surface area contributed by atoms with Crippen LogP contribution in [0.3, 0.4) is 0 Å². The lowest BCUT2D eigenvalue weighted by Crippen LogP contribution is -2.54. The summed E-state index contributed by atoms with van der Waals surface area (Å²) in [6.07, 6.45) is 2.10. The highest BCUT2D eigenvalue weighted by atomic mass is 16.5. The zero-order valence-corrected chi connectivity index (χ0v) is 16.7. The largest absolute Gasteiger partial charge is 0.493 e. The second-order valence-corrected chi connectivity index (χ2v) is 6.50. The number of nitrogens with one attached hydrogen (secondary N) is 1. The second kappa shape index (κ2) is 8.18. The number of hydrogen-bond donors (Lipinski definition) is 1. The van der Waals surface area contributed by atoms with Crippen LogP contribution in [0, 0.1) is 6.92 Å². The number of nitrogens with zero attached hydrogens (tertiary/aromatic N) is 1. The Bertz CT molecular complexity index is 1030. The van der Waals surface area contributed by atoms with Gasteiger partial charge in [-0.3, -0.25) is 14.9 Å². The molecule has 2 aromatic carbocycles. The molecule has 4 amide bonds. The molecular weight excluding hydrogens is 372 g/mol. The Morgan fingerprint density at radius 1 is 1.03 bits per heavy atom. The van der Waals surface area contributed by atoms with E-state index in [2.05, 4.69) is 5.32 Å². The van der Waals surface area contributed by atoms with Crippen LogP contribution >= 0.6 is 0 Å². The van der Waals surface area contributed by atoms with Crippen molar-refractivity contribution in [3.05, 3.63) is 58.7 Å². The SMILES string of the molecule is CCc1ccccc1N1C(=O)NC(=O)C(=Cc2cc(OC)c(OC)cc2C)C1=O. The monoisotopic (exact) mass is 394 g/mol. The quantitative estimate of drug-likeness (QED) is 0.622. The first-order chi connectivity index (χ1) is 13.9. The van der Waals surface area contributed by atoms with Crippen molar-refractivity contribution in [2.75, 3.05) is 19.1 Å². The van der Waals surface area contributed by atoms with Crippen molar-refractivity contribution in [2.24, 2.45) is 0 Å². The summed E-state index contributed by atoms with van der Waals surface area (Å²) >= 11 is 0. The number of urea groups is 1. The predicted octanol–water partition coefficient (Wildman–Crippen LogP) is 3.24. The summed E-state index contributed by atoms with van der Waals surface area (Å²) in [5.74, 6) is -0.397. The summed E-state index contributed by atoms with van der Waals surface area (Å²) in [5, 5.41) is 2.25. The minimum absolute atomic E-state index is 0.133. The molecule has 1 heterocycles. The van der Waals surface area contributed by atoms with Crippen molar-refractivity contribution in [3.8, 4) is 11.5 Å². The van der Waals surface area contributed by atoms with E-state index in [1.807, 2.05) is 26.0 Å². The minimum Gasteiger partial charge on any atom is -0.493 e. The first kappa shape index (κ1) is 20.1. The number of carbonyl (C=O) groups is 3. The van der Waals surface area contributed by atoms with Gasteiger partial charge >= 0.3 is 6.03 Å². The Kier molecular flexibility index (Phi) is 5.68. The third-order valence-corrected chi connectivity index (χ3v) is 4.79. The van der Waals surface area contributed by atoms with Gasteiger partial charge in [0.2, 0.25) is 0 Å². The van der Waals surface area contributed by atoms with Crippen molar-refractivity contribution in [2.45, 2.75) is 20.3 Å². The van der Waals surface area contributed by atoms with E-state index in [4.69, 9.17) is 9.47 Å². The molecule has 0 aromatic heterocycles. The molecule has 1 aliphatic heterocycles.